The largest absolute Gasteiger partial charge is 0.398 e. The van der Waals surface area contributed by atoms with Crippen LogP contribution in [0, 0.1) is 13.8 Å². The molecule has 0 saturated carbocycles. The molecule has 2 N–H and O–H groups in total. The Morgan fingerprint density at radius 2 is 1.82 bits per heavy atom. The first kappa shape index (κ1) is 7.86. The number of benzene rings is 1. The monoisotopic (exact) mass is 147 g/mol. The van der Waals surface area contributed by atoms with Crippen molar-refractivity contribution in [3.8, 4) is 0 Å². The molecule has 0 spiro atoms. The van der Waals surface area contributed by atoms with Gasteiger partial charge in [-0.3, -0.25) is 0 Å². The minimum atomic E-state index is 0.808. The normalized spacial score (nSPS) is 9.64. The number of rotatable bonds is 1. The lowest BCUT2D eigenvalue weighted by Crippen LogP contribution is -1.92. The molecular formula is C10H13N. The van der Waals surface area contributed by atoms with Gasteiger partial charge in [-0.15, -0.1) is 0 Å². The van der Waals surface area contributed by atoms with Crippen LogP contribution in [0.15, 0.2) is 18.7 Å². The highest BCUT2D eigenvalue weighted by atomic mass is 14.6. The molecule has 0 aliphatic heterocycles. The van der Waals surface area contributed by atoms with Crippen LogP contribution in [0.5, 0.6) is 0 Å². The average Bonchev–Trinajstić information content (AvgIpc) is 1.97. The van der Waals surface area contributed by atoms with Crippen molar-refractivity contribution in [1.29, 1.82) is 0 Å². The molecule has 1 nitrogen and oxygen atoms in total. The molecule has 0 bridgehead atoms. The third-order valence-corrected chi connectivity index (χ3v) is 1.92. The van der Waals surface area contributed by atoms with Gasteiger partial charge in [0.2, 0.25) is 0 Å². The van der Waals surface area contributed by atoms with Gasteiger partial charge in [0.1, 0.15) is 0 Å². The number of hydrogen-bond donors (Lipinski definition) is 1. The van der Waals surface area contributed by atoms with Gasteiger partial charge in [0.05, 0.1) is 0 Å². The third kappa shape index (κ3) is 1.43. The first-order valence-electron chi connectivity index (χ1n) is 3.64. The van der Waals surface area contributed by atoms with E-state index in [4.69, 9.17) is 5.73 Å². The van der Waals surface area contributed by atoms with Crippen molar-refractivity contribution in [2.75, 3.05) is 5.73 Å². The van der Waals surface area contributed by atoms with Crippen molar-refractivity contribution >= 4 is 11.8 Å². The lowest BCUT2D eigenvalue weighted by atomic mass is 10.0. The van der Waals surface area contributed by atoms with Crippen molar-refractivity contribution in [3.63, 3.8) is 0 Å². The Kier molecular flexibility index (Phi) is 1.99. The highest BCUT2D eigenvalue weighted by Gasteiger charge is 1.97. The number of nitrogens with two attached hydrogens (primary N) is 1. The van der Waals surface area contributed by atoms with Crippen molar-refractivity contribution in [2.45, 2.75) is 13.8 Å². The summed E-state index contributed by atoms with van der Waals surface area (Å²) in [6.45, 7) is 7.81. The van der Waals surface area contributed by atoms with E-state index in [9.17, 15) is 0 Å². The van der Waals surface area contributed by atoms with Gasteiger partial charge >= 0.3 is 0 Å². The van der Waals surface area contributed by atoms with E-state index in [1.807, 2.05) is 6.07 Å². The summed E-state index contributed by atoms with van der Waals surface area (Å²) in [5, 5.41) is 0. The summed E-state index contributed by atoms with van der Waals surface area (Å²) in [7, 11) is 0. The average molecular weight is 147 g/mol. The molecule has 0 amide bonds. The van der Waals surface area contributed by atoms with Crippen LogP contribution in [0.25, 0.3) is 6.08 Å². The topological polar surface area (TPSA) is 26.0 Å². The van der Waals surface area contributed by atoms with Crippen LogP contribution in [0.1, 0.15) is 16.7 Å². The summed E-state index contributed by atoms with van der Waals surface area (Å²) in [4.78, 5) is 0. The molecule has 0 atom stereocenters. The van der Waals surface area contributed by atoms with E-state index >= 15 is 0 Å². The van der Waals surface area contributed by atoms with Gasteiger partial charge in [-0.1, -0.05) is 12.7 Å². The Morgan fingerprint density at radius 1 is 1.27 bits per heavy atom. The molecule has 11 heavy (non-hydrogen) atoms. The molecule has 1 aromatic carbocycles. The van der Waals surface area contributed by atoms with E-state index in [1.54, 1.807) is 6.08 Å². The minimum Gasteiger partial charge on any atom is -0.398 e. The van der Waals surface area contributed by atoms with E-state index < -0.39 is 0 Å². The third-order valence-electron chi connectivity index (χ3n) is 1.92. The van der Waals surface area contributed by atoms with Gasteiger partial charge in [-0.25, -0.2) is 0 Å². The standard InChI is InChI=1S/C10H13N/c1-4-9-5-7(2)8(3)6-10(9)11/h4-6H,1,11H2,2-3H3. The van der Waals surface area contributed by atoms with Gasteiger partial charge in [-0.2, -0.15) is 0 Å². The molecule has 0 aliphatic rings. The van der Waals surface area contributed by atoms with E-state index in [0.29, 0.717) is 0 Å². The second-order valence-electron chi connectivity index (χ2n) is 2.77. The smallest absolute Gasteiger partial charge is 0.0390 e. The molecule has 0 radical (unpaired) electrons. The van der Waals surface area contributed by atoms with Crippen molar-refractivity contribution in [1.82, 2.24) is 0 Å². The van der Waals surface area contributed by atoms with Crippen molar-refractivity contribution in [2.24, 2.45) is 0 Å². The van der Waals surface area contributed by atoms with E-state index in [-0.39, 0.29) is 0 Å². The Bertz CT molecular complexity index is 287. The van der Waals surface area contributed by atoms with E-state index in [0.717, 1.165) is 11.3 Å². The van der Waals surface area contributed by atoms with Gasteiger partial charge in [-0.05, 0) is 42.7 Å². The Balaban J connectivity index is 3.31. The second kappa shape index (κ2) is 2.79. The number of anilines is 1. The Labute approximate surface area is 67.5 Å². The molecule has 0 saturated heterocycles. The first-order valence-corrected chi connectivity index (χ1v) is 3.64. The summed E-state index contributed by atoms with van der Waals surface area (Å²) >= 11 is 0. The van der Waals surface area contributed by atoms with Crippen LogP contribution in [0.2, 0.25) is 0 Å². The lowest BCUT2D eigenvalue weighted by molar-refractivity contribution is 1.34. The summed E-state index contributed by atoms with van der Waals surface area (Å²) in [6, 6.07) is 4.03. The molecule has 0 aliphatic carbocycles. The van der Waals surface area contributed by atoms with Crippen LogP contribution < -0.4 is 5.73 Å². The first-order chi connectivity index (χ1) is 5.15. The zero-order valence-electron chi connectivity index (χ0n) is 7.02. The highest BCUT2D eigenvalue weighted by molar-refractivity contribution is 5.65. The number of hydrogen-bond acceptors (Lipinski definition) is 1. The maximum atomic E-state index is 5.73. The molecule has 1 aromatic rings. The fraction of sp³-hybridized carbons (Fsp3) is 0.200. The SMILES string of the molecule is C=Cc1cc(C)c(C)cc1N. The zero-order valence-corrected chi connectivity index (χ0v) is 7.02. The molecule has 0 unspecified atom stereocenters. The van der Waals surface area contributed by atoms with Gasteiger partial charge in [0.25, 0.3) is 0 Å². The second-order valence-corrected chi connectivity index (χ2v) is 2.77. The van der Waals surface area contributed by atoms with Crippen molar-refractivity contribution in [3.05, 3.63) is 35.4 Å². The van der Waals surface area contributed by atoms with Crippen LogP contribution in [0.4, 0.5) is 5.69 Å². The highest BCUT2D eigenvalue weighted by Crippen LogP contribution is 2.18. The minimum absolute atomic E-state index is 0.808. The summed E-state index contributed by atoms with van der Waals surface area (Å²) < 4.78 is 0. The van der Waals surface area contributed by atoms with Crippen molar-refractivity contribution < 1.29 is 0 Å². The van der Waals surface area contributed by atoms with Crippen LogP contribution in [-0.4, -0.2) is 0 Å². The molecular weight excluding hydrogens is 134 g/mol. The lowest BCUT2D eigenvalue weighted by Gasteiger charge is -2.04. The fourth-order valence-electron chi connectivity index (χ4n) is 1.04. The molecule has 0 aromatic heterocycles. The molecule has 1 heteroatoms. The predicted octanol–water partition coefficient (Wildman–Crippen LogP) is 2.53. The van der Waals surface area contributed by atoms with Crippen LogP contribution in [0.3, 0.4) is 0 Å². The maximum Gasteiger partial charge on any atom is 0.0390 e. The zero-order chi connectivity index (χ0) is 8.43. The Hall–Kier alpha value is -1.24. The van der Waals surface area contributed by atoms with Crippen LogP contribution >= 0.6 is 0 Å². The number of aryl methyl sites for hydroxylation is 2. The van der Waals surface area contributed by atoms with Gasteiger partial charge < -0.3 is 5.73 Å². The van der Waals surface area contributed by atoms with Crippen LogP contribution in [-0.2, 0) is 0 Å². The van der Waals surface area contributed by atoms with Gasteiger partial charge in [0.15, 0.2) is 0 Å². The molecule has 1 rings (SSSR count). The fourth-order valence-corrected chi connectivity index (χ4v) is 1.04. The molecule has 0 heterocycles. The Morgan fingerprint density at radius 3 is 2.36 bits per heavy atom. The quantitative estimate of drug-likeness (QED) is 0.607. The van der Waals surface area contributed by atoms with Gasteiger partial charge in [0, 0.05) is 5.69 Å². The number of nitrogen functional groups attached to an aromatic ring is 1. The summed E-state index contributed by atoms with van der Waals surface area (Å²) in [5.74, 6) is 0. The molecule has 0 fully saturated rings. The van der Waals surface area contributed by atoms with E-state index in [1.165, 1.54) is 11.1 Å². The summed E-state index contributed by atoms with van der Waals surface area (Å²) in [6.07, 6.45) is 1.78. The summed E-state index contributed by atoms with van der Waals surface area (Å²) in [5.41, 5.74) is 10.0. The van der Waals surface area contributed by atoms with E-state index in [2.05, 4.69) is 26.5 Å². The molecule has 58 valence electrons. The predicted molar refractivity (Wildman–Crippen MR) is 50.4 cm³/mol. The maximum absolute atomic E-state index is 5.73.